The quantitative estimate of drug-likeness (QED) is 0.459. The van der Waals surface area contributed by atoms with E-state index < -0.39 is 12.1 Å². The number of aliphatic hydroxyl groups is 1. The molecule has 1 fully saturated rings. The van der Waals surface area contributed by atoms with Gasteiger partial charge in [0, 0.05) is 30.5 Å². The van der Waals surface area contributed by atoms with E-state index in [0.29, 0.717) is 35.5 Å². The lowest BCUT2D eigenvalue weighted by Gasteiger charge is -2.32. The summed E-state index contributed by atoms with van der Waals surface area (Å²) >= 11 is 0. The molecule has 1 aromatic carbocycles. The van der Waals surface area contributed by atoms with E-state index in [4.69, 9.17) is 5.11 Å². The lowest BCUT2D eigenvalue weighted by atomic mass is 10.0. The van der Waals surface area contributed by atoms with Crippen molar-refractivity contribution >= 4 is 16.9 Å². The Kier molecular flexibility index (Phi) is 6.66. The molecule has 0 bridgehead atoms. The van der Waals surface area contributed by atoms with Crippen LogP contribution in [0.5, 0.6) is 5.75 Å². The molecule has 2 heterocycles. The smallest absolute Gasteiger partial charge is 0.303 e. The van der Waals surface area contributed by atoms with Crippen molar-refractivity contribution in [1.82, 2.24) is 15.2 Å². The highest BCUT2D eigenvalue weighted by Gasteiger charge is 2.20. The van der Waals surface area contributed by atoms with Gasteiger partial charge in [-0.1, -0.05) is 6.07 Å². The molecular formula is C20H27N3O5. The van der Waals surface area contributed by atoms with Crippen LogP contribution in [-0.4, -0.2) is 63.4 Å². The van der Waals surface area contributed by atoms with Gasteiger partial charge in [0.25, 0.3) is 0 Å². The first kappa shape index (κ1) is 20.3. The van der Waals surface area contributed by atoms with Crippen LogP contribution < -0.4 is 10.9 Å². The monoisotopic (exact) mass is 389 g/mol. The van der Waals surface area contributed by atoms with Crippen molar-refractivity contribution in [2.24, 2.45) is 0 Å². The molecule has 1 atom stereocenters. The number of carboxylic acid groups (broad SMARTS) is 1. The van der Waals surface area contributed by atoms with Gasteiger partial charge in [-0.3, -0.25) is 9.59 Å². The largest absolute Gasteiger partial charge is 0.506 e. The standard InChI is InChI=1S/C20H27N3O5/c24-16-5-3-14(15-4-6-18(26)22-20(15)16)17(25)12-21-13-7-10-23(11-8-13)9-1-2-19(27)28/h3-6,13,17,21,24-25H,1-2,7-12H2,(H,22,26)(H,27,28). The van der Waals surface area contributed by atoms with Gasteiger partial charge in [0.15, 0.2) is 0 Å². The number of likely N-dealkylation sites (tertiary alicyclic amines) is 1. The third kappa shape index (κ3) is 5.09. The average Bonchev–Trinajstić information content (AvgIpc) is 2.67. The second kappa shape index (κ2) is 9.18. The fraction of sp³-hybridized carbons (Fsp3) is 0.500. The normalized spacial score (nSPS) is 17.0. The minimum absolute atomic E-state index is 0.0214. The Morgan fingerprint density at radius 1 is 1.25 bits per heavy atom. The Hall–Kier alpha value is -2.42. The number of carbonyl (C=O) groups is 1. The van der Waals surface area contributed by atoms with Crippen molar-refractivity contribution in [2.45, 2.75) is 37.8 Å². The Bertz CT molecular complexity index is 874. The summed E-state index contributed by atoms with van der Waals surface area (Å²) in [5, 5.41) is 33.3. The fourth-order valence-electron chi connectivity index (χ4n) is 3.75. The van der Waals surface area contributed by atoms with Crippen molar-refractivity contribution < 1.29 is 20.1 Å². The molecule has 1 aromatic heterocycles. The van der Waals surface area contributed by atoms with Crippen molar-refractivity contribution in [2.75, 3.05) is 26.2 Å². The number of hydrogen-bond donors (Lipinski definition) is 5. The molecule has 8 heteroatoms. The van der Waals surface area contributed by atoms with Gasteiger partial charge < -0.3 is 30.5 Å². The molecule has 1 aliphatic rings. The molecule has 0 amide bonds. The third-order valence-electron chi connectivity index (χ3n) is 5.32. The minimum atomic E-state index is -0.761. The number of fused-ring (bicyclic) bond motifs is 1. The fourth-order valence-corrected chi connectivity index (χ4v) is 3.75. The summed E-state index contributed by atoms with van der Waals surface area (Å²) in [5.74, 6) is -0.775. The maximum Gasteiger partial charge on any atom is 0.303 e. The van der Waals surface area contributed by atoms with E-state index in [0.717, 1.165) is 32.5 Å². The van der Waals surface area contributed by atoms with Gasteiger partial charge >= 0.3 is 5.97 Å². The van der Waals surface area contributed by atoms with Gasteiger partial charge in [-0.2, -0.15) is 0 Å². The Morgan fingerprint density at radius 3 is 2.71 bits per heavy atom. The Morgan fingerprint density at radius 2 is 2.00 bits per heavy atom. The van der Waals surface area contributed by atoms with Crippen LogP contribution in [-0.2, 0) is 4.79 Å². The molecule has 2 aromatic rings. The number of phenolic OH excluding ortho intramolecular Hbond substituents is 1. The number of aliphatic carboxylic acids is 1. The molecule has 1 aliphatic heterocycles. The van der Waals surface area contributed by atoms with Crippen LogP contribution in [0.2, 0.25) is 0 Å². The SMILES string of the molecule is O=C(O)CCCN1CCC(NCC(O)c2ccc(O)c3[nH]c(=O)ccc23)CC1. The van der Waals surface area contributed by atoms with Crippen molar-refractivity contribution in [3.05, 3.63) is 40.2 Å². The summed E-state index contributed by atoms with van der Waals surface area (Å²) in [7, 11) is 0. The molecule has 152 valence electrons. The summed E-state index contributed by atoms with van der Waals surface area (Å²) in [4.78, 5) is 27.0. The second-order valence-electron chi connectivity index (χ2n) is 7.32. The molecule has 0 aliphatic carbocycles. The maximum absolute atomic E-state index is 11.5. The molecule has 0 radical (unpaired) electrons. The number of piperidine rings is 1. The molecule has 8 nitrogen and oxygen atoms in total. The summed E-state index contributed by atoms with van der Waals surface area (Å²) in [6.07, 6.45) is 2.01. The van der Waals surface area contributed by atoms with E-state index in [1.165, 1.54) is 12.1 Å². The van der Waals surface area contributed by atoms with E-state index in [2.05, 4.69) is 15.2 Å². The zero-order chi connectivity index (χ0) is 20.1. The highest BCUT2D eigenvalue weighted by atomic mass is 16.4. The zero-order valence-electron chi connectivity index (χ0n) is 15.7. The van der Waals surface area contributed by atoms with Crippen LogP contribution in [0.3, 0.4) is 0 Å². The molecular weight excluding hydrogens is 362 g/mol. The minimum Gasteiger partial charge on any atom is -0.506 e. The maximum atomic E-state index is 11.5. The highest BCUT2D eigenvalue weighted by Crippen LogP contribution is 2.28. The van der Waals surface area contributed by atoms with Crippen LogP contribution in [0.25, 0.3) is 10.9 Å². The molecule has 1 unspecified atom stereocenters. The molecule has 0 spiro atoms. The van der Waals surface area contributed by atoms with E-state index in [9.17, 15) is 19.8 Å². The van der Waals surface area contributed by atoms with Crippen molar-refractivity contribution in [3.63, 3.8) is 0 Å². The number of benzene rings is 1. The van der Waals surface area contributed by atoms with Gasteiger partial charge in [0.05, 0.1) is 11.6 Å². The van der Waals surface area contributed by atoms with Crippen LogP contribution in [0.1, 0.15) is 37.4 Å². The lowest BCUT2D eigenvalue weighted by molar-refractivity contribution is -0.137. The lowest BCUT2D eigenvalue weighted by Crippen LogP contribution is -2.43. The van der Waals surface area contributed by atoms with Gasteiger partial charge in [0.1, 0.15) is 5.75 Å². The van der Waals surface area contributed by atoms with Crippen LogP contribution in [0.4, 0.5) is 0 Å². The second-order valence-corrected chi connectivity index (χ2v) is 7.32. The van der Waals surface area contributed by atoms with Gasteiger partial charge in [-0.25, -0.2) is 0 Å². The first-order chi connectivity index (χ1) is 13.4. The third-order valence-corrected chi connectivity index (χ3v) is 5.32. The van der Waals surface area contributed by atoms with Gasteiger partial charge in [-0.05, 0) is 56.6 Å². The van der Waals surface area contributed by atoms with Gasteiger partial charge in [0.2, 0.25) is 5.56 Å². The number of hydrogen-bond acceptors (Lipinski definition) is 6. The van der Waals surface area contributed by atoms with Crippen molar-refractivity contribution in [3.8, 4) is 5.75 Å². The predicted octanol–water partition coefficient (Wildman–Crippen LogP) is 1.19. The average molecular weight is 389 g/mol. The number of aromatic hydroxyl groups is 1. The topological polar surface area (TPSA) is 126 Å². The number of pyridine rings is 1. The summed E-state index contributed by atoms with van der Waals surface area (Å²) < 4.78 is 0. The number of carboxylic acids is 1. The highest BCUT2D eigenvalue weighted by molar-refractivity contribution is 5.87. The van der Waals surface area contributed by atoms with Crippen molar-refractivity contribution in [1.29, 1.82) is 0 Å². The van der Waals surface area contributed by atoms with E-state index in [-0.39, 0.29) is 17.7 Å². The first-order valence-electron chi connectivity index (χ1n) is 9.64. The number of aromatic amines is 1. The number of rotatable bonds is 8. The molecule has 0 saturated carbocycles. The first-order valence-corrected chi connectivity index (χ1v) is 9.64. The summed E-state index contributed by atoms with van der Waals surface area (Å²) in [5.41, 5.74) is 0.684. The van der Waals surface area contributed by atoms with Crippen LogP contribution in [0.15, 0.2) is 29.1 Å². The van der Waals surface area contributed by atoms with E-state index >= 15 is 0 Å². The Labute approximate surface area is 162 Å². The molecule has 5 N–H and O–H groups in total. The number of aromatic nitrogens is 1. The van der Waals surface area contributed by atoms with Crippen LogP contribution >= 0.6 is 0 Å². The Balaban J connectivity index is 1.52. The predicted molar refractivity (Wildman–Crippen MR) is 106 cm³/mol. The number of phenols is 1. The molecule has 1 saturated heterocycles. The summed E-state index contributed by atoms with van der Waals surface area (Å²) in [6, 6.07) is 6.45. The van der Waals surface area contributed by atoms with Crippen LogP contribution in [0, 0.1) is 0 Å². The number of aliphatic hydroxyl groups excluding tert-OH is 1. The summed E-state index contributed by atoms with van der Waals surface area (Å²) in [6.45, 7) is 3.01. The number of nitrogens with one attached hydrogen (secondary N) is 2. The van der Waals surface area contributed by atoms with E-state index in [1.807, 2.05) is 0 Å². The van der Waals surface area contributed by atoms with Gasteiger partial charge in [-0.15, -0.1) is 0 Å². The van der Waals surface area contributed by atoms with E-state index in [1.54, 1.807) is 12.1 Å². The number of H-pyrrole nitrogens is 1. The zero-order valence-corrected chi connectivity index (χ0v) is 15.7. The number of nitrogens with zero attached hydrogens (tertiary/aromatic N) is 1. The molecule has 3 rings (SSSR count). The molecule has 28 heavy (non-hydrogen) atoms.